The van der Waals surface area contributed by atoms with Crippen molar-refractivity contribution < 1.29 is 23.7 Å². The van der Waals surface area contributed by atoms with E-state index in [1.165, 1.54) is 5.56 Å². The molecule has 0 atom stereocenters. The Bertz CT molecular complexity index is 878. The van der Waals surface area contributed by atoms with Gasteiger partial charge in [0, 0.05) is 51.0 Å². The number of fused-ring (bicyclic) bond motifs is 1. The molecule has 2 aliphatic heterocycles. The van der Waals surface area contributed by atoms with Crippen molar-refractivity contribution in [1.29, 1.82) is 0 Å². The van der Waals surface area contributed by atoms with E-state index in [9.17, 15) is 4.79 Å². The summed E-state index contributed by atoms with van der Waals surface area (Å²) in [5.74, 6) is 2.39. The van der Waals surface area contributed by atoms with Gasteiger partial charge in [-0.25, -0.2) is 0 Å². The number of methoxy groups -OCH3 is 2. The molecule has 1 fully saturated rings. The summed E-state index contributed by atoms with van der Waals surface area (Å²) in [6.45, 7) is 4.61. The van der Waals surface area contributed by atoms with Crippen molar-refractivity contribution in [3.8, 4) is 17.2 Å². The molecule has 0 bridgehead atoms. The molecule has 1 saturated heterocycles. The maximum atomic E-state index is 12.9. The van der Waals surface area contributed by atoms with Crippen molar-refractivity contribution in [3.63, 3.8) is 0 Å². The molecule has 4 rings (SSSR count). The molecule has 0 aliphatic carbocycles. The summed E-state index contributed by atoms with van der Waals surface area (Å²) >= 11 is 0. The highest BCUT2D eigenvalue weighted by Crippen LogP contribution is 2.33. The van der Waals surface area contributed by atoms with Crippen LogP contribution in [-0.4, -0.2) is 62.9 Å². The number of benzene rings is 2. The van der Waals surface area contributed by atoms with E-state index in [2.05, 4.69) is 11.0 Å². The van der Waals surface area contributed by atoms with Crippen molar-refractivity contribution in [3.05, 3.63) is 53.1 Å². The molecule has 2 aromatic rings. The lowest BCUT2D eigenvalue weighted by molar-refractivity contribution is 0.0628. The van der Waals surface area contributed by atoms with Crippen molar-refractivity contribution >= 4 is 5.91 Å². The van der Waals surface area contributed by atoms with Crippen LogP contribution in [0.3, 0.4) is 0 Å². The van der Waals surface area contributed by atoms with Gasteiger partial charge >= 0.3 is 0 Å². The van der Waals surface area contributed by atoms with Crippen LogP contribution in [-0.2, 0) is 17.9 Å². The van der Waals surface area contributed by atoms with Crippen LogP contribution in [0.25, 0.3) is 0 Å². The van der Waals surface area contributed by atoms with E-state index in [-0.39, 0.29) is 12.7 Å². The summed E-state index contributed by atoms with van der Waals surface area (Å²) in [5.41, 5.74) is 2.73. The third kappa shape index (κ3) is 4.31. The maximum absolute atomic E-state index is 12.9. The SMILES string of the molecule is COCc1cc(C(=O)N2CCN(Cc3ccc4c(c3)OCO4)CC2)ccc1OC. The highest BCUT2D eigenvalue weighted by Gasteiger charge is 2.23. The molecule has 0 unspecified atom stereocenters. The number of hydrogen-bond acceptors (Lipinski definition) is 6. The molecule has 2 aromatic carbocycles. The van der Waals surface area contributed by atoms with Crippen molar-refractivity contribution in [2.24, 2.45) is 0 Å². The molecule has 7 nitrogen and oxygen atoms in total. The summed E-state index contributed by atoms with van der Waals surface area (Å²) in [5, 5.41) is 0. The zero-order chi connectivity index (χ0) is 20.2. The predicted molar refractivity (Wildman–Crippen MR) is 107 cm³/mol. The number of nitrogens with zero attached hydrogens (tertiary/aromatic N) is 2. The second kappa shape index (κ2) is 8.71. The molecule has 7 heteroatoms. The van der Waals surface area contributed by atoms with Gasteiger partial charge in [-0.05, 0) is 35.9 Å². The van der Waals surface area contributed by atoms with E-state index >= 15 is 0 Å². The summed E-state index contributed by atoms with van der Waals surface area (Å²) in [7, 11) is 3.25. The van der Waals surface area contributed by atoms with Gasteiger partial charge in [0.2, 0.25) is 6.79 Å². The fourth-order valence-electron chi connectivity index (χ4n) is 3.77. The second-order valence-corrected chi connectivity index (χ2v) is 7.22. The quantitative estimate of drug-likeness (QED) is 0.745. The topological polar surface area (TPSA) is 60.5 Å². The minimum absolute atomic E-state index is 0.0488. The van der Waals surface area contributed by atoms with Crippen LogP contribution in [0.4, 0.5) is 0 Å². The summed E-state index contributed by atoms with van der Waals surface area (Å²) < 4.78 is 21.4. The minimum atomic E-state index is 0.0488. The number of ether oxygens (including phenoxy) is 4. The first-order chi connectivity index (χ1) is 14.2. The Kier molecular flexibility index (Phi) is 5.87. The zero-order valence-electron chi connectivity index (χ0n) is 16.8. The van der Waals surface area contributed by atoms with Crippen molar-refractivity contribution in [2.75, 3.05) is 47.2 Å². The molecule has 154 valence electrons. The Morgan fingerprint density at radius 2 is 1.79 bits per heavy atom. The van der Waals surface area contributed by atoms with Gasteiger partial charge in [-0.3, -0.25) is 9.69 Å². The van der Waals surface area contributed by atoms with Gasteiger partial charge in [0.25, 0.3) is 5.91 Å². The largest absolute Gasteiger partial charge is 0.496 e. The standard InChI is InChI=1S/C22H26N2O5/c1-26-14-18-12-17(4-6-19(18)27-2)22(25)24-9-7-23(8-10-24)13-16-3-5-20-21(11-16)29-15-28-20/h3-6,11-12H,7-10,13-15H2,1-2H3. The third-order valence-electron chi connectivity index (χ3n) is 5.33. The number of carbonyl (C=O) groups is 1. The smallest absolute Gasteiger partial charge is 0.253 e. The summed E-state index contributed by atoms with van der Waals surface area (Å²) in [6, 6.07) is 11.6. The zero-order valence-corrected chi connectivity index (χ0v) is 16.8. The Morgan fingerprint density at radius 3 is 2.55 bits per heavy atom. The van der Waals surface area contributed by atoms with Crippen LogP contribution >= 0.6 is 0 Å². The van der Waals surface area contributed by atoms with E-state index in [0.717, 1.165) is 42.4 Å². The molecule has 0 radical (unpaired) electrons. The summed E-state index contributed by atoms with van der Waals surface area (Å²) in [6.07, 6.45) is 0. The third-order valence-corrected chi connectivity index (χ3v) is 5.33. The number of rotatable bonds is 6. The van der Waals surface area contributed by atoms with Gasteiger partial charge in [0.15, 0.2) is 11.5 Å². The van der Waals surface area contributed by atoms with Gasteiger partial charge in [-0.1, -0.05) is 6.07 Å². The van der Waals surface area contributed by atoms with Crippen LogP contribution in [0.1, 0.15) is 21.5 Å². The first-order valence-corrected chi connectivity index (χ1v) is 9.74. The lowest BCUT2D eigenvalue weighted by Crippen LogP contribution is -2.48. The first kappa shape index (κ1) is 19.5. The minimum Gasteiger partial charge on any atom is -0.496 e. The van der Waals surface area contributed by atoms with E-state index < -0.39 is 0 Å². The number of piperazine rings is 1. The van der Waals surface area contributed by atoms with Gasteiger partial charge in [-0.15, -0.1) is 0 Å². The van der Waals surface area contributed by atoms with E-state index in [0.29, 0.717) is 25.3 Å². The second-order valence-electron chi connectivity index (χ2n) is 7.22. The monoisotopic (exact) mass is 398 g/mol. The first-order valence-electron chi connectivity index (χ1n) is 9.74. The van der Waals surface area contributed by atoms with Gasteiger partial charge in [-0.2, -0.15) is 0 Å². The predicted octanol–water partition coefficient (Wildman–Crippen LogP) is 2.53. The van der Waals surface area contributed by atoms with Crippen LogP contribution in [0.2, 0.25) is 0 Å². The van der Waals surface area contributed by atoms with Crippen LogP contribution in [0, 0.1) is 0 Å². The molecule has 0 aromatic heterocycles. The van der Waals surface area contributed by atoms with Crippen LogP contribution < -0.4 is 14.2 Å². The fraction of sp³-hybridized carbons (Fsp3) is 0.409. The van der Waals surface area contributed by atoms with Gasteiger partial charge in [0.1, 0.15) is 5.75 Å². The Hall–Kier alpha value is -2.77. The van der Waals surface area contributed by atoms with Crippen molar-refractivity contribution in [2.45, 2.75) is 13.2 Å². The van der Waals surface area contributed by atoms with E-state index in [1.807, 2.05) is 35.2 Å². The van der Waals surface area contributed by atoms with Crippen molar-refractivity contribution in [1.82, 2.24) is 9.80 Å². The molecule has 0 saturated carbocycles. The average Bonchev–Trinajstić information content (AvgIpc) is 3.22. The lowest BCUT2D eigenvalue weighted by atomic mass is 10.1. The normalized spacial score (nSPS) is 16.1. The molecule has 1 amide bonds. The van der Waals surface area contributed by atoms with E-state index in [1.54, 1.807) is 14.2 Å². The molecular weight excluding hydrogens is 372 g/mol. The number of carbonyl (C=O) groups excluding carboxylic acids is 1. The van der Waals surface area contributed by atoms with E-state index in [4.69, 9.17) is 18.9 Å². The lowest BCUT2D eigenvalue weighted by Gasteiger charge is -2.35. The van der Waals surface area contributed by atoms with Crippen LogP contribution in [0.5, 0.6) is 17.2 Å². The Balaban J connectivity index is 1.35. The molecule has 2 aliphatic rings. The molecule has 0 N–H and O–H groups in total. The molecule has 0 spiro atoms. The van der Waals surface area contributed by atoms with Gasteiger partial charge in [0.05, 0.1) is 13.7 Å². The Morgan fingerprint density at radius 1 is 1.00 bits per heavy atom. The Labute approximate surface area is 170 Å². The fourth-order valence-corrected chi connectivity index (χ4v) is 3.77. The number of hydrogen-bond donors (Lipinski definition) is 0. The molecule has 29 heavy (non-hydrogen) atoms. The number of amides is 1. The molecular formula is C22H26N2O5. The van der Waals surface area contributed by atoms with Crippen LogP contribution in [0.15, 0.2) is 36.4 Å². The molecule has 2 heterocycles. The maximum Gasteiger partial charge on any atom is 0.253 e. The highest BCUT2D eigenvalue weighted by atomic mass is 16.7. The average molecular weight is 398 g/mol. The van der Waals surface area contributed by atoms with Gasteiger partial charge < -0.3 is 23.8 Å². The summed E-state index contributed by atoms with van der Waals surface area (Å²) in [4.78, 5) is 17.2. The highest BCUT2D eigenvalue weighted by molar-refractivity contribution is 5.94.